The highest BCUT2D eigenvalue weighted by Crippen LogP contribution is 2.46. The minimum Gasteiger partial charge on any atom is -0.480 e. The molecule has 0 saturated heterocycles. The molecule has 1 aromatic heterocycles. The summed E-state index contributed by atoms with van der Waals surface area (Å²) in [4.78, 5) is 56.4. The van der Waals surface area contributed by atoms with Crippen molar-refractivity contribution in [2.75, 3.05) is 0 Å². The minimum absolute atomic E-state index is 0.231. The molecule has 3 amide bonds. The van der Waals surface area contributed by atoms with Gasteiger partial charge in [-0.05, 0) is 36.1 Å². The van der Waals surface area contributed by atoms with E-state index in [1.165, 1.54) is 6.92 Å². The van der Waals surface area contributed by atoms with Crippen molar-refractivity contribution in [3.63, 3.8) is 0 Å². The van der Waals surface area contributed by atoms with Crippen LogP contribution in [0.2, 0.25) is 0 Å². The van der Waals surface area contributed by atoms with E-state index in [4.69, 9.17) is 5.11 Å². The molecule has 3 heterocycles. The molecule has 3 aromatic rings. The highest BCUT2D eigenvalue weighted by molar-refractivity contribution is 6.04. The average Bonchev–Trinajstić information content (AvgIpc) is 3.37. The van der Waals surface area contributed by atoms with E-state index in [0.29, 0.717) is 12.0 Å². The first-order valence-electron chi connectivity index (χ1n) is 12.0. The lowest BCUT2D eigenvalue weighted by molar-refractivity contribution is -0.142. The van der Waals surface area contributed by atoms with Gasteiger partial charge in [0.15, 0.2) is 0 Å². The van der Waals surface area contributed by atoms with Gasteiger partial charge in [-0.15, -0.1) is 0 Å². The number of aromatic nitrogens is 1. The van der Waals surface area contributed by atoms with Gasteiger partial charge in [0.05, 0.1) is 6.04 Å². The third-order valence-electron chi connectivity index (χ3n) is 7.13. The Hall–Kier alpha value is -4.14. The smallest absolute Gasteiger partial charge is 0.325 e. The lowest BCUT2D eigenvalue weighted by atomic mass is 9.89. The Morgan fingerprint density at radius 2 is 1.72 bits per heavy atom. The number of carboxylic acids is 1. The number of rotatable bonds is 6. The Kier molecular flexibility index (Phi) is 5.78. The Bertz CT molecular complexity index is 1390. The number of para-hydroxylation sites is 1. The van der Waals surface area contributed by atoms with Gasteiger partial charge in [0.2, 0.25) is 11.8 Å². The normalized spacial score (nSPS) is 19.9. The average molecular weight is 489 g/mol. The highest BCUT2D eigenvalue weighted by Gasteiger charge is 2.49. The molecule has 0 aliphatic carbocycles. The van der Waals surface area contributed by atoms with Crippen LogP contribution in [0.3, 0.4) is 0 Å². The van der Waals surface area contributed by atoms with Crippen molar-refractivity contribution in [3.8, 4) is 0 Å². The van der Waals surface area contributed by atoms with E-state index in [2.05, 4.69) is 15.6 Å². The summed E-state index contributed by atoms with van der Waals surface area (Å²) in [6.45, 7) is 4.91. The van der Waals surface area contributed by atoms with Crippen molar-refractivity contribution in [2.45, 2.75) is 51.4 Å². The maximum atomic E-state index is 13.7. The van der Waals surface area contributed by atoms with Crippen molar-refractivity contribution < 1.29 is 24.3 Å². The molecular weight excluding hydrogens is 460 g/mol. The molecule has 0 fully saturated rings. The Balaban J connectivity index is 1.52. The van der Waals surface area contributed by atoms with Crippen LogP contribution in [-0.2, 0) is 20.8 Å². The number of hydrogen-bond donors (Lipinski definition) is 4. The van der Waals surface area contributed by atoms with Crippen molar-refractivity contribution in [3.05, 3.63) is 70.9 Å². The van der Waals surface area contributed by atoms with Crippen LogP contribution < -0.4 is 10.6 Å². The van der Waals surface area contributed by atoms with Gasteiger partial charge in [-0.2, -0.15) is 0 Å². The number of carboxylic acid groups (broad SMARTS) is 1. The Labute approximate surface area is 207 Å². The molecule has 0 spiro atoms. The van der Waals surface area contributed by atoms with Crippen LogP contribution in [0.25, 0.3) is 10.9 Å². The van der Waals surface area contributed by atoms with Crippen molar-refractivity contribution >= 4 is 34.6 Å². The summed E-state index contributed by atoms with van der Waals surface area (Å²) >= 11 is 0. The molecule has 4 unspecified atom stereocenters. The van der Waals surface area contributed by atoms with Gasteiger partial charge in [-0.3, -0.25) is 19.2 Å². The summed E-state index contributed by atoms with van der Waals surface area (Å²) in [7, 11) is 0. The Morgan fingerprint density at radius 1 is 1.03 bits per heavy atom. The number of carbonyl (C=O) groups excluding carboxylic acids is 3. The minimum atomic E-state index is -1.17. The van der Waals surface area contributed by atoms with E-state index < -0.39 is 42.0 Å². The second-order valence-electron chi connectivity index (χ2n) is 9.78. The van der Waals surface area contributed by atoms with E-state index in [9.17, 15) is 19.2 Å². The Morgan fingerprint density at radius 3 is 2.44 bits per heavy atom. The first kappa shape index (κ1) is 23.6. The monoisotopic (exact) mass is 488 g/mol. The lowest BCUT2D eigenvalue weighted by Crippen LogP contribution is -2.58. The summed E-state index contributed by atoms with van der Waals surface area (Å²) in [6, 6.07) is 11.9. The zero-order valence-electron chi connectivity index (χ0n) is 20.2. The lowest BCUT2D eigenvalue weighted by Gasteiger charge is -2.38. The molecule has 4 atom stereocenters. The van der Waals surface area contributed by atoms with Gasteiger partial charge < -0.3 is 25.6 Å². The van der Waals surface area contributed by atoms with Crippen LogP contribution in [0.5, 0.6) is 0 Å². The van der Waals surface area contributed by atoms with Gasteiger partial charge in [-0.1, -0.05) is 50.2 Å². The van der Waals surface area contributed by atoms with Crippen LogP contribution in [0.4, 0.5) is 0 Å². The number of H-pyrrole nitrogens is 1. The molecule has 5 rings (SSSR count). The van der Waals surface area contributed by atoms with Crippen LogP contribution in [-0.4, -0.2) is 56.8 Å². The molecule has 2 aliphatic heterocycles. The fourth-order valence-electron chi connectivity index (χ4n) is 5.29. The number of aromatic amines is 1. The molecule has 9 nitrogen and oxygen atoms in total. The van der Waals surface area contributed by atoms with Crippen LogP contribution >= 0.6 is 0 Å². The molecule has 2 aliphatic rings. The summed E-state index contributed by atoms with van der Waals surface area (Å²) in [5.41, 5.74) is 4.19. The molecule has 186 valence electrons. The standard InChI is InChI=1S/C27H28N4O5/c1-13(2)21(25(33)28-14(3)27(35)36)30-24(32)20-12-18-15-8-6-7-11-19(15)29-22(18)23-16-9-4-5-10-17(16)26(34)31(20)23/h4-11,13-14,20-21,23,29H,12H2,1-3H3,(H,28,33)(H,30,32)(H,35,36). The molecule has 4 N–H and O–H groups in total. The second kappa shape index (κ2) is 8.82. The summed E-state index contributed by atoms with van der Waals surface area (Å²) in [5, 5.41) is 15.4. The van der Waals surface area contributed by atoms with E-state index >= 15 is 0 Å². The second-order valence-corrected chi connectivity index (χ2v) is 9.78. The molecular formula is C27H28N4O5. The quantitative estimate of drug-likeness (QED) is 0.423. The maximum Gasteiger partial charge on any atom is 0.325 e. The predicted molar refractivity (Wildman–Crippen MR) is 132 cm³/mol. The van der Waals surface area contributed by atoms with E-state index in [-0.39, 0.29) is 11.8 Å². The van der Waals surface area contributed by atoms with E-state index in [1.807, 2.05) is 36.4 Å². The summed E-state index contributed by atoms with van der Waals surface area (Å²) < 4.78 is 0. The number of hydrogen-bond acceptors (Lipinski definition) is 4. The van der Waals surface area contributed by atoms with Crippen LogP contribution in [0.1, 0.15) is 54.0 Å². The number of carbonyl (C=O) groups is 4. The summed E-state index contributed by atoms with van der Waals surface area (Å²) in [6.07, 6.45) is 0.291. The molecule has 9 heteroatoms. The van der Waals surface area contributed by atoms with Crippen molar-refractivity contribution in [1.82, 2.24) is 20.5 Å². The van der Waals surface area contributed by atoms with Gasteiger partial charge in [0, 0.05) is 28.6 Å². The van der Waals surface area contributed by atoms with Gasteiger partial charge in [0.25, 0.3) is 5.91 Å². The number of nitrogens with zero attached hydrogens (tertiary/aromatic N) is 1. The number of fused-ring (bicyclic) bond motifs is 7. The third kappa shape index (κ3) is 3.71. The van der Waals surface area contributed by atoms with Gasteiger partial charge in [-0.25, -0.2) is 0 Å². The van der Waals surface area contributed by atoms with E-state index in [0.717, 1.165) is 27.7 Å². The van der Waals surface area contributed by atoms with Crippen molar-refractivity contribution in [2.24, 2.45) is 5.92 Å². The molecule has 0 saturated carbocycles. The zero-order valence-corrected chi connectivity index (χ0v) is 20.2. The SMILES string of the molecule is CC(NC(=O)C(NC(=O)C1Cc2c([nH]c3ccccc23)C2c3ccccc3C(=O)N12)C(C)C)C(=O)O. The highest BCUT2D eigenvalue weighted by atomic mass is 16.4. The van der Waals surface area contributed by atoms with Gasteiger partial charge >= 0.3 is 5.97 Å². The topological polar surface area (TPSA) is 132 Å². The van der Waals surface area contributed by atoms with E-state index in [1.54, 1.807) is 30.9 Å². The molecule has 36 heavy (non-hydrogen) atoms. The number of nitrogens with one attached hydrogen (secondary N) is 3. The molecule has 0 bridgehead atoms. The third-order valence-corrected chi connectivity index (χ3v) is 7.13. The fourth-order valence-corrected chi connectivity index (χ4v) is 5.29. The largest absolute Gasteiger partial charge is 0.480 e. The molecule has 2 aromatic carbocycles. The van der Waals surface area contributed by atoms with Crippen LogP contribution in [0.15, 0.2) is 48.5 Å². The predicted octanol–water partition coefficient (Wildman–Crippen LogP) is 2.37. The number of aliphatic carboxylic acids is 1. The van der Waals surface area contributed by atoms with Crippen molar-refractivity contribution in [1.29, 1.82) is 0 Å². The zero-order chi connectivity index (χ0) is 25.7. The summed E-state index contributed by atoms with van der Waals surface area (Å²) in [5.74, 6) is -2.73. The van der Waals surface area contributed by atoms with Gasteiger partial charge in [0.1, 0.15) is 18.1 Å². The maximum absolute atomic E-state index is 13.7. The first-order valence-corrected chi connectivity index (χ1v) is 12.0. The fraction of sp³-hybridized carbons (Fsp3) is 0.333. The first-order chi connectivity index (χ1) is 17.2. The molecule has 0 radical (unpaired) electrons. The number of amides is 3. The number of benzene rings is 2. The van der Waals surface area contributed by atoms with Crippen LogP contribution in [0, 0.1) is 5.92 Å².